The number of carbonyl (C=O) groups is 1. The average molecular weight is 475 g/mol. The first-order valence-electron chi connectivity index (χ1n) is 12.1. The topological polar surface area (TPSA) is 102 Å². The predicted octanol–water partition coefficient (Wildman–Crippen LogP) is 2.57. The van der Waals surface area contributed by atoms with Crippen molar-refractivity contribution in [2.75, 3.05) is 39.6 Å². The van der Waals surface area contributed by atoms with Crippen molar-refractivity contribution in [3.8, 4) is 11.3 Å². The van der Waals surface area contributed by atoms with E-state index in [0.29, 0.717) is 17.3 Å². The number of amides is 1. The van der Waals surface area contributed by atoms with Crippen molar-refractivity contribution in [2.45, 2.75) is 37.5 Å². The minimum atomic E-state index is -0.184. The third-order valence-electron chi connectivity index (χ3n) is 7.43. The summed E-state index contributed by atoms with van der Waals surface area (Å²) < 4.78 is 9.40. The van der Waals surface area contributed by atoms with Gasteiger partial charge in [0.15, 0.2) is 5.65 Å². The molecule has 1 amide bonds. The second kappa shape index (κ2) is 8.62. The number of methoxy groups -OCH3 is 1. The highest BCUT2D eigenvalue weighted by Gasteiger charge is 2.33. The molecule has 1 aliphatic carbocycles. The number of aromatic nitrogens is 5. The van der Waals surface area contributed by atoms with Gasteiger partial charge in [-0.25, -0.2) is 9.97 Å². The predicted molar refractivity (Wildman–Crippen MR) is 134 cm³/mol. The van der Waals surface area contributed by atoms with Gasteiger partial charge in [-0.1, -0.05) is 0 Å². The Morgan fingerprint density at radius 1 is 1.23 bits per heavy atom. The van der Waals surface area contributed by atoms with E-state index in [1.807, 2.05) is 25.4 Å². The van der Waals surface area contributed by atoms with E-state index >= 15 is 0 Å². The number of pyridine rings is 1. The summed E-state index contributed by atoms with van der Waals surface area (Å²) in [7, 11) is 5.68. The summed E-state index contributed by atoms with van der Waals surface area (Å²) in [5, 5.41) is 11.8. The highest BCUT2D eigenvalue weighted by Crippen LogP contribution is 2.34. The van der Waals surface area contributed by atoms with Gasteiger partial charge in [0.25, 0.3) is 5.91 Å². The summed E-state index contributed by atoms with van der Waals surface area (Å²) in [6.07, 6.45) is 8.59. The van der Waals surface area contributed by atoms with Gasteiger partial charge in [-0.3, -0.25) is 4.79 Å². The molecule has 3 atom stereocenters. The molecular formula is C25H30N8O2. The molecule has 0 bridgehead atoms. The van der Waals surface area contributed by atoms with Crippen LogP contribution in [0.2, 0.25) is 0 Å². The van der Waals surface area contributed by atoms with E-state index in [4.69, 9.17) is 14.7 Å². The molecule has 1 saturated carbocycles. The number of rotatable bonds is 6. The normalized spacial score (nSPS) is 22.5. The Hall–Kier alpha value is -3.50. The van der Waals surface area contributed by atoms with Crippen molar-refractivity contribution in [2.24, 2.45) is 0 Å². The summed E-state index contributed by atoms with van der Waals surface area (Å²) in [5.41, 5.74) is 3.69. The van der Waals surface area contributed by atoms with Crippen LogP contribution in [-0.2, 0) is 4.74 Å². The number of hydrogen-bond donors (Lipinski definition) is 2. The summed E-state index contributed by atoms with van der Waals surface area (Å²) in [6.45, 7) is 2.06. The first-order valence-corrected chi connectivity index (χ1v) is 12.1. The Bertz CT molecular complexity index is 1410. The molecule has 2 fully saturated rings. The zero-order valence-corrected chi connectivity index (χ0v) is 20.2. The molecule has 5 heterocycles. The van der Waals surface area contributed by atoms with Gasteiger partial charge in [0.05, 0.1) is 24.0 Å². The second-order valence-corrected chi connectivity index (χ2v) is 9.53. The van der Waals surface area contributed by atoms with Crippen molar-refractivity contribution in [3.63, 3.8) is 0 Å². The van der Waals surface area contributed by atoms with Crippen molar-refractivity contribution >= 4 is 28.4 Å². The quantitative estimate of drug-likeness (QED) is 0.443. The van der Waals surface area contributed by atoms with Gasteiger partial charge in [0.2, 0.25) is 0 Å². The molecule has 4 aromatic heterocycles. The van der Waals surface area contributed by atoms with Crippen LogP contribution in [0.5, 0.6) is 0 Å². The molecule has 10 nitrogen and oxygen atoms in total. The Morgan fingerprint density at radius 2 is 2.11 bits per heavy atom. The smallest absolute Gasteiger partial charge is 0.257 e. The molecule has 0 aromatic carbocycles. The lowest BCUT2D eigenvalue weighted by Gasteiger charge is -2.35. The molecule has 2 aliphatic rings. The van der Waals surface area contributed by atoms with Crippen LogP contribution in [0.4, 0.5) is 5.82 Å². The lowest BCUT2D eigenvalue weighted by molar-refractivity contribution is 0.00732. The molecule has 182 valence electrons. The van der Waals surface area contributed by atoms with E-state index in [2.05, 4.69) is 44.5 Å². The Kier molecular flexibility index (Phi) is 5.42. The molecule has 6 rings (SSSR count). The van der Waals surface area contributed by atoms with Gasteiger partial charge < -0.3 is 24.8 Å². The molecule has 0 spiro atoms. The number of likely N-dealkylation sites (tertiary alicyclic amines) is 1. The molecule has 1 saturated heterocycles. The third-order valence-corrected chi connectivity index (χ3v) is 7.43. The van der Waals surface area contributed by atoms with Gasteiger partial charge in [-0.15, -0.1) is 0 Å². The zero-order chi connectivity index (χ0) is 24.1. The summed E-state index contributed by atoms with van der Waals surface area (Å²) in [6, 6.07) is 6.40. The van der Waals surface area contributed by atoms with Crippen LogP contribution in [0.3, 0.4) is 0 Å². The lowest BCUT2D eigenvalue weighted by Crippen LogP contribution is -2.51. The minimum absolute atomic E-state index is 0.0167. The summed E-state index contributed by atoms with van der Waals surface area (Å²) in [5.74, 6) is 0.574. The molecule has 2 N–H and O–H groups in total. The van der Waals surface area contributed by atoms with Crippen LogP contribution < -0.4 is 10.6 Å². The van der Waals surface area contributed by atoms with Gasteiger partial charge in [-0.05, 0) is 45.0 Å². The van der Waals surface area contributed by atoms with Gasteiger partial charge >= 0.3 is 0 Å². The molecule has 0 unspecified atom stereocenters. The minimum Gasteiger partial charge on any atom is -0.379 e. The Balaban J connectivity index is 1.44. The van der Waals surface area contributed by atoms with Crippen LogP contribution in [0.1, 0.15) is 35.7 Å². The summed E-state index contributed by atoms with van der Waals surface area (Å²) in [4.78, 5) is 25.2. The van der Waals surface area contributed by atoms with E-state index in [0.717, 1.165) is 60.5 Å². The van der Waals surface area contributed by atoms with Crippen LogP contribution in [0.15, 0.2) is 36.8 Å². The monoisotopic (exact) mass is 474 g/mol. The molecule has 0 radical (unpaired) electrons. The number of carbonyl (C=O) groups excluding carboxylic acids is 1. The average Bonchev–Trinajstić information content (AvgIpc) is 3.57. The van der Waals surface area contributed by atoms with E-state index in [9.17, 15) is 4.79 Å². The zero-order valence-electron chi connectivity index (χ0n) is 20.2. The SMILES string of the molecule is CNc1cc(-c2cn([C@@H]3CCN(C)C3)c3ncccc23)nc2c(C(=O)N[C@@H]3CC[C@H]3OC)cnn12. The highest BCUT2D eigenvalue weighted by molar-refractivity contribution is 6.01. The number of likely N-dealkylation sites (N-methyl/N-ethyl adjacent to an activating group) is 1. The standard InChI is InChI=1S/C25H30N8O2/c1-26-22-11-20(18-14-32(15-8-10-31(2)13-15)23-16(18)5-4-9-27-23)29-24-17(12-28-33(22)24)25(34)30-19-6-7-21(19)35-3/h4-5,9,11-12,14-15,19,21,26H,6-8,10,13H2,1-3H3,(H,30,34)/t15-,19-,21-/m1/s1. The largest absolute Gasteiger partial charge is 0.379 e. The fourth-order valence-electron chi connectivity index (χ4n) is 5.31. The van der Waals surface area contributed by atoms with Gasteiger partial charge in [0.1, 0.15) is 17.0 Å². The maximum atomic E-state index is 13.2. The number of nitrogens with one attached hydrogen (secondary N) is 2. The number of anilines is 1. The first-order chi connectivity index (χ1) is 17.1. The molecule has 35 heavy (non-hydrogen) atoms. The maximum Gasteiger partial charge on any atom is 0.257 e. The van der Waals surface area contributed by atoms with E-state index in [1.165, 1.54) is 0 Å². The molecule has 4 aromatic rings. The number of fused-ring (bicyclic) bond motifs is 2. The molecular weight excluding hydrogens is 444 g/mol. The van der Waals surface area contributed by atoms with E-state index in [-0.39, 0.29) is 18.1 Å². The van der Waals surface area contributed by atoms with Crippen LogP contribution in [0.25, 0.3) is 27.9 Å². The summed E-state index contributed by atoms with van der Waals surface area (Å²) >= 11 is 0. The Morgan fingerprint density at radius 3 is 2.83 bits per heavy atom. The highest BCUT2D eigenvalue weighted by atomic mass is 16.5. The molecule has 10 heteroatoms. The van der Waals surface area contributed by atoms with Crippen LogP contribution in [-0.4, -0.2) is 81.4 Å². The number of hydrogen-bond acceptors (Lipinski definition) is 7. The fraction of sp³-hybridized carbons (Fsp3) is 0.440. The van der Waals surface area contributed by atoms with Crippen molar-refractivity contribution in [3.05, 3.63) is 42.4 Å². The van der Waals surface area contributed by atoms with Crippen LogP contribution in [0, 0.1) is 0 Å². The molecule has 1 aliphatic heterocycles. The van der Waals surface area contributed by atoms with E-state index in [1.54, 1.807) is 17.8 Å². The second-order valence-electron chi connectivity index (χ2n) is 9.53. The third kappa shape index (κ3) is 3.64. The number of ether oxygens (including phenoxy) is 1. The lowest BCUT2D eigenvalue weighted by atomic mass is 9.89. The van der Waals surface area contributed by atoms with Crippen molar-refractivity contribution in [1.82, 2.24) is 34.4 Å². The van der Waals surface area contributed by atoms with Crippen LogP contribution >= 0.6 is 0 Å². The van der Waals surface area contributed by atoms with Gasteiger partial charge in [0, 0.05) is 56.2 Å². The first kappa shape index (κ1) is 22.0. The maximum absolute atomic E-state index is 13.2. The van der Waals surface area contributed by atoms with E-state index < -0.39 is 0 Å². The fourth-order valence-corrected chi connectivity index (χ4v) is 5.31. The Labute approximate surface area is 203 Å². The van der Waals surface area contributed by atoms with Crippen molar-refractivity contribution < 1.29 is 9.53 Å². The number of nitrogens with zero attached hydrogens (tertiary/aromatic N) is 6. The van der Waals surface area contributed by atoms with Gasteiger partial charge in [-0.2, -0.15) is 9.61 Å². The van der Waals surface area contributed by atoms with Crippen molar-refractivity contribution in [1.29, 1.82) is 0 Å².